The van der Waals surface area contributed by atoms with Crippen LogP contribution in [-0.4, -0.2) is 38.3 Å². The normalized spacial score (nSPS) is 21.6. The summed E-state index contributed by atoms with van der Waals surface area (Å²) >= 11 is 0. The molecule has 2 heterocycles. The number of ether oxygens (including phenoxy) is 2. The first-order valence-corrected chi connectivity index (χ1v) is 8.68. The van der Waals surface area contributed by atoms with E-state index in [1.54, 1.807) is 0 Å². The summed E-state index contributed by atoms with van der Waals surface area (Å²) in [6.45, 7) is 3.19. The number of anilines is 1. The third kappa shape index (κ3) is 5.36. The SMILES string of the molecule is Cl.O=C(Nc1ccccc1OCC1CCCCO1)C1CCNCC1. The number of hydrogen-bond acceptors (Lipinski definition) is 4. The topological polar surface area (TPSA) is 59.6 Å². The van der Waals surface area contributed by atoms with E-state index in [1.807, 2.05) is 24.3 Å². The number of carbonyl (C=O) groups is 1. The Balaban J connectivity index is 0.00000208. The molecule has 0 saturated carbocycles. The number of nitrogens with one attached hydrogen (secondary N) is 2. The summed E-state index contributed by atoms with van der Waals surface area (Å²) in [6, 6.07) is 7.65. The van der Waals surface area contributed by atoms with Crippen LogP contribution in [0.2, 0.25) is 0 Å². The van der Waals surface area contributed by atoms with Crippen LogP contribution >= 0.6 is 12.4 Å². The van der Waals surface area contributed by atoms with Crippen molar-refractivity contribution in [3.63, 3.8) is 0 Å². The molecule has 2 aliphatic rings. The van der Waals surface area contributed by atoms with Gasteiger partial charge in [0.15, 0.2) is 0 Å². The lowest BCUT2D eigenvalue weighted by atomic mass is 9.97. The van der Waals surface area contributed by atoms with Crippen LogP contribution in [0.3, 0.4) is 0 Å². The van der Waals surface area contributed by atoms with Crippen molar-refractivity contribution in [3.8, 4) is 5.75 Å². The molecule has 1 aromatic carbocycles. The number of hydrogen-bond donors (Lipinski definition) is 2. The van der Waals surface area contributed by atoms with Crippen molar-refractivity contribution in [3.05, 3.63) is 24.3 Å². The van der Waals surface area contributed by atoms with Crippen molar-refractivity contribution < 1.29 is 14.3 Å². The van der Waals surface area contributed by atoms with Gasteiger partial charge in [-0.3, -0.25) is 4.79 Å². The average Bonchev–Trinajstić information content (AvgIpc) is 2.62. The second-order valence-electron chi connectivity index (χ2n) is 6.31. The number of benzene rings is 1. The van der Waals surface area contributed by atoms with Gasteiger partial charge in [-0.1, -0.05) is 12.1 Å². The van der Waals surface area contributed by atoms with Crippen LogP contribution < -0.4 is 15.4 Å². The van der Waals surface area contributed by atoms with Crippen LogP contribution in [0.5, 0.6) is 5.75 Å². The Labute approximate surface area is 149 Å². The summed E-state index contributed by atoms with van der Waals surface area (Å²) in [6.07, 6.45) is 5.33. The minimum atomic E-state index is 0. The van der Waals surface area contributed by atoms with Crippen molar-refractivity contribution in [2.45, 2.75) is 38.2 Å². The van der Waals surface area contributed by atoms with Crippen LogP contribution in [0, 0.1) is 5.92 Å². The van der Waals surface area contributed by atoms with Crippen molar-refractivity contribution in [2.75, 3.05) is 31.6 Å². The summed E-state index contributed by atoms with van der Waals surface area (Å²) in [7, 11) is 0. The Hall–Kier alpha value is -1.30. The molecule has 5 nitrogen and oxygen atoms in total. The van der Waals surface area contributed by atoms with Crippen molar-refractivity contribution in [1.82, 2.24) is 5.32 Å². The molecule has 6 heteroatoms. The zero-order chi connectivity index (χ0) is 15.9. The van der Waals surface area contributed by atoms with Crippen molar-refractivity contribution in [2.24, 2.45) is 5.92 Å². The second kappa shape index (κ2) is 9.87. The number of para-hydroxylation sites is 2. The van der Waals surface area contributed by atoms with Gasteiger partial charge in [0.05, 0.1) is 11.8 Å². The number of rotatable bonds is 5. The fourth-order valence-electron chi connectivity index (χ4n) is 3.14. The van der Waals surface area contributed by atoms with E-state index in [0.29, 0.717) is 6.61 Å². The fourth-order valence-corrected chi connectivity index (χ4v) is 3.14. The standard InChI is InChI=1S/C18H26N2O3.ClH/c21-18(14-8-10-19-11-9-14)20-16-6-1-2-7-17(16)23-13-15-5-3-4-12-22-15;/h1-2,6-7,14-15,19H,3-5,8-13H2,(H,20,21);1H. The molecule has 3 rings (SSSR count). The highest BCUT2D eigenvalue weighted by Gasteiger charge is 2.22. The number of halogens is 1. The van der Waals surface area contributed by atoms with E-state index in [1.165, 1.54) is 6.42 Å². The lowest BCUT2D eigenvalue weighted by Gasteiger charge is -2.24. The number of piperidine rings is 1. The Morgan fingerprint density at radius 3 is 2.75 bits per heavy atom. The highest BCUT2D eigenvalue weighted by atomic mass is 35.5. The van der Waals surface area contributed by atoms with Gasteiger partial charge in [0.1, 0.15) is 12.4 Å². The maximum atomic E-state index is 12.4. The Morgan fingerprint density at radius 2 is 2.00 bits per heavy atom. The van der Waals surface area contributed by atoms with Crippen LogP contribution in [0.15, 0.2) is 24.3 Å². The van der Waals surface area contributed by atoms with E-state index < -0.39 is 0 Å². The molecule has 24 heavy (non-hydrogen) atoms. The van der Waals surface area contributed by atoms with Gasteiger partial charge < -0.3 is 20.1 Å². The summed E-state index contributed by atoms with van der Waals surface area (Å²) in [5.41, 5.74) is 0.756. The van der Waals surface area contributed by atoms with Crippen LogP contribution in [-0.2, 0) is 9.53 Å². The lowest BCUT2D eigenvalue weighted by molar-refractivity contribution is -0.120. The first-order chi connectivity index (χ1) is 11.3. The van der Waals surface area contributed by atoms with Gasteiger partial charge >= 0.3 is 0 Å². The van der Waals surface area contributed by atoms with E-state index in [2.05, 4.69) is 10.6 Å². The van der Waals surface area contributed by atoms with Crippen LogP contribution in [0.1, 0.15) is 32.1 Å². The molecule has 0 radical (unpaired) electrons. The molecule has 0 aliphatic carbocycles. The van der Waals surface area contributed by atoms with Gasteiger partial charge in [-0.05, 0) is 57.3 Å². The summed E-state index contributed by atoms with van der Waals surface area (Å²) in [5, 5.41) is 6.32. The molecule has 134 valence electrons. The smallest absolute Gasteiger partial charge is 0.227 e. The second-order valence-corrected chi connectivity index (χ2v) is 6.31. The Bertz CT molecular complexity index is 515. The van der Waals surface area contributed by atoms with Gasteiger partial charge in [0, 0.05) is 12.5 Å². The molecule has 1 aromatic rings. The van der Waals surface area contributed by atoms with E-state index in [-0.39, 0.29) is 30.3 Å². The molecule has 2 saturated heterocycles. The van der Waals surface area contributed by atoms with Crippen LogP contribution in [0.25, 0.3) is 0 Å². The maximum absolute atomic E-state index is 12.4. The first kappa shape index (κ1) is 19.0. The molecule has 1 unspecified atom stereocenters. The highest BCUT2D eigenvalue weighted by molar-refractivity contribution is 5.94. The van der Waals surface area contributed by atoms with Gasteiger partial charge in [0.2, 0.25) is 5.91 Å². The predicted molar refractivity (Wildman–Crippen MR) is 97.0 cm³/mol. The first-order valence-electron chi connectivity index (χ1n) is 8.68. The third-order valence-corrected chi connectivity index (χ3v) is 4.55. The molecule has 1 atom stereocenters. The summed E-state index contributed by atoms with van der Waals surface area (Å²) < 4.78 is 11.6. The monoisotopic (exact) mass is 354 g/mol. The Kier molecular flexibility index (Phi) is 7.82. The third-order valence-electron chi connectivity index (χ3n) is 4.55. The minimum absolute atomic E-state index is 0. The van der Waals surface area contributed by atoms with E-state index in [4.69, 9.17) is 9.47 Å². The number of amides is 1. The van der Waals surface area contributed by atoms with Gasteiger partial charge in [-0.15, -0.1) is 12.4 Å². The largest absolute Gasteiger partial charge is 0.489 e. The van der Waals surface area contributed by atoms with E-state index in [9.17, 15) is 4.79 Å². The van der Waals surface area contributed by atoms with Crippen molar-refractivity contribution in [1.29, 1.82) is 0 Å². The van der Waals surface area contributed by atoms with Crippen molar-refractivity contribution >= 4 is 24.0 Å². The fraction of sp³-hybridized carbons (Fsp3) is 0.611. The van der Waals surface area contributed by atoms with Gasteiger partial charge in [0.25, 0.3) is 0 Å². The lowest BCUT2D eigenvalue weighted by Crippen LogP contribution is -2.34. The zero-order valence-electron chi connectivity index (χ0n) is 14.0. The highest BCUT2D eigenvalue weighted by Crippen LogP contribution is 2.26. The van der Waals surface area contributed by atoms with Gasteiger partial charge in [-0.2, -0.15) is 0 Å². The molecule has 2 aliphatic heterocycles. The van der Waals surface area contributed by atoms with Gasteiger partial charge in [-0.25, -0.2) is 0 Å². The van der Waals surface area contributed by atoms with Crippen LogP contribution in [0.4, 0.5) is 5.69 Å². The molecule has 0 spiro atoms. The molecule has 2 N–H and O–H groups in total. The van der Waals surface area contributed by atoms with E-state index >= 15 is 0 Å². The molecule has 0 aromatic heterocycles. The summed E-state index contributed by atoms with van der Waals surface area (Å²) in [5.74, 6) is 0.909. The average molecular weight is 355 g/mol. The zero-order valence-corrected chi connectivity index (χ0v) is 14.8. The predicted octanol–water partition coefficient (Wildman–Crippen LogP) is 2.99. The van der Waals surface area contributed by atoms with E-state index in [0.717, 1.165) is 56.8 Å². The molecular formula is C18H27ClN2O3. The minimum Gasteiger partial charge on any atom is -0.489 e. The molecule has 1 amide bonds. The molecular weight excluding hydrogens is 328 g/mol. The molecule has 2 fully saturated rings. The quantitative estimate of drug-likeness (QED) is 0.853. The molecule has 0 bridgehead atoms. The number of carbonyl (C=O) groups excluding carboxylic acids is 1. The Morgan fingerprint density at radius 1 is 1.21 bits per heavy atom. The summed E-state index contributed by atoms with van der Waals surface area (Å²) in [4.78, 5) is 12.4. The maximum Gasteiger partial charge on any atom is 0.227 e.